The van der Waals surface area contributed by atoms with Gasteiger partial charge in [-0.05, 0) is 31.6 Å². The summed E-state index contributed by atoms with van der Waals surface area (Å²) in [5.74, 6) is 1.44. The molecule has 0 spiro atoms. The van der Waals surface area contributed by atoms with Crippen LogP contribution in [0.1, 0.15) is 51.9 Å². The molecule has 1 aliphatic heterocycles. The number of unbranched alkanes of at least 4 members (excludes halogenated alkanes) is 1. The number of amides is 1. The maximum Gasteiger partial charge on any atom is 0.224 e. The first-order chi connectivity index (χ1) is 9.79. The molecule has 0 aromatic rings. The number of rotatable bonds is 6. The predicted octanol–water partition coefficient (Wildman–Crippen LogP) is 1.96. The zero-order chi connectivity index (χ0) is 14.2. The van der Waals surface area contributed by atoms with Crippen molar-refractivity contribution in [3.05, 3.63) is 0 Å². The van der Waals surface area contributed by atoms with Crippen molar-refractivity contribution in [1.29, 1.82) is 0 Å². The summed E-state index contributed by atoms with van der Waals surface area (Å²) in [5.41, 5.74) is 0. The van der Waals surface area contributed by atoms with Crippen molar-refractivity contribution >= 4 is 5.91 Å². The molecular weight excluding hydrogens is 250 g/mol. The smallest absolute Gasteiger partial charge is 0.224 e. The predicted molar refractivity (Wildman–Crippen MR) is 82.4 cm³/mol. The highest BCUT2D eigenvalue weighted by atomic mass is 16.2. The van der Waals surface area contributed by atoms with Gasteiger partial charge in [0.15, 0.2) is 0 Å². The van der Waals surface area contributed by atoms with E-state index >= 15 is 0 Å². The monoisotopic (exact) mass is 281 g/mol. The second kappa shape index (κ2) is 8.63. The lowest BCUT2D eigenvalue weighted by molar-refractivity contribution is -0.127. The molecule has 1 aliphatic carbocycles. The Hall–Kier alpha value is -0.610. The van der Waals surface area contributed by atoms with E-state index < -0.39 is 0 Å². The molecule has 4 heteroatoms. The number of hydrogen-bond donors (Lipinski definition) is 2. The van der Waals surface area contributed by atoms with Crippen LogP contribution in [0.25, 0.3) is 0 Å². The van der Waals surface area contributed by atoms with Gasteiger partial charge in [0.25, 0.3) is 0 Å². The van der Waals surface area contributed by atoms with Crippen LogP contribution in [0.4, 0.5) is 0 Å². The third-order valence-electron chi connectivity index (χ3n) is 4.87. The maximum absolute atomic E-state index is 12.2. The summed E-state index contributed by atoms with van der Waals surface area (Å²) in [6, 6.07) is 0. The number of nitrogens with one attached hydrogen (secondary N) is 2. The molecule has 0 atom stereocenters. The average molecular weight is 281 g/mol. The van der Waals surface area contributed by atoms with Gasteiger partial charge < -0.3 is 10.6 Å². The molecule has 2 rings (SSSR count). The molecule has 0 aromatic carbocycles. The van der Waals surface area contributed by atoms with E-state index in [9.17, 15) is 4.79 Å². The second-order valence-corrected chi connectivity index (χ2v) is 6.43. The minimum Gasteiger partial charge on any atom is -0.343 e. The molecule has 4 nitrogen and oxygen atoms in total. The SMILES string of the molecule is CCCCC1CCC(C(=O)NCN2CCNCC2)CC1. The van der Waals surface area contributed by atoms with E-state index in [1.807, 2.05) is 0 Å². The standard InChI is InChI=1S/C16H31N3O/c1-2-3-4-14-5-7-15(8-6-14)16(20)18-13-19-11-9-17-10-12-19/h14-15,17H,2-13H2,1H3,(H,18,20). The van der Waals surface area contributed by atoms with E-state index in [1.54, 1.807) is 0 Å². The highest BCUT2D eigenvalue weighted by molar-refractivity contribution is 5.78. The van der Waals surface area contributed by atoms with Gasteiger partial charge in [-0.3, -0.25) is 9.69 Å². The van der Waals surface area contributed by atoms with Crippen LogP contribution in [0, 0.1) is 11.8 Å². The highest BCUT2D eigenvalue weighted by Gasteiger charge is 2.26. The fourth-order valence-electron chi connectivity index (χ4n) is 3.41. The number of nitrogens with zero attached hydrogens (tertiary/aromatic N) is 1. The Labute approximate surface area is 123 Å². The molecule has 2 fully saturated rings. The van der Waals surface area contributed by atoms with Crippen molar-refractivity contribution in [1.82, 2.24) is 15.5 Å². The second-order valence-electron chi connectivity index (χ2n) is 6.43. The van der Waals surface area contributed by atoms with Crippen molar-refractivity contribution < 1.29 is 4.79 Å². The molecule has 1 saturated carbocycles. The first-order valence-corrected chi connectivity index (χ1v) is 8.50. The molecule has 0 radical (unpaired) electrons. The van der Waals surface area contributed by atoms with Crippen molar-refractivity contribution in [2.75, 3.05) is 32.8 Å². The quantitative estimate of drug-likeness (QED) is 0.782. The van der Waals surface area contributed by atoms with Crippen LogP contribution < -0.4 is 10.6 Å². The molecule has 1 amide bonds. The lowest BCUT2D eigenvalue weighted by Crippen LogP contribution is -2.49. The zero-order valence-corrected chi connectivity index (χ0v) is 13.0. The molecular formula is C16H31N3O. The number of carbonyl (C=O) groups excluding carboxylic acids is 1. The Morgan fingerprint density at radius 2 is 1.90 bits per heavy atom. The summed E-state index contributed by atoms with van der Waals surface area (Å²) in [7, 11) is 0. The molecule has 2 N–H and O–H groups in total. The summed E-state index contributed by atoms with van der Waals surface area (Å²) in [5, 5.41) is 6.47. The third-order valence-corrected chi connectivity index (χ3v) is 4.87. The molecule has 116 valence electrons. The lowest BCUT2D eigenvalue weighted by atomic mass is 9.79. The fraction of sp³-hybridized carbons (Fsp3) is 0.938. The number of piperazine rings is 1. The third kappa shape index (κ3) is 5.06. The Kier molecular flexibility index (Phi) is 6.80. The summed E-state index contributed by atoms with van der Waals surface area (Å²) >= 11 is 0. The minimum absolute atomic E-state index is 0.274. The van der Waals surface area contributed by atoms with Crippen LogP contribution in [-0.2, 0) is 4.79 Å². The molecule has 1 heterocycles. The van der Waals surface area contributed by atoms with Gasteiger partial charge >= 0.3 is 0 Å². The molecule has 0 aromatic heterocycles. The summed E-state index contributed by atoms with van der Waals surface area (Å²) < 4.78 is 0. The topological polar surface area (TPSA) is 44.4 Å². The van der Waals surface area contributed by atoms with Crippen LogP contribution >= 0.6 is 0 Å². The lowest BCUT2D eigenvalue weighted by Gasteiger charge is -2.30. The number of hydrogen-bond acceptors (Lipinski definition) is 3. The zero-order valence-electron chi connectivity index (χ0n) is 13.0. The molecule has 2 aliphatic rings. The average Bonchev–Trinajstić information content (AvgIpc) is 2.52. The van der Waals surface area contributed by atoms with E-state index in [-0.39, 0.29) is 11.8 Å². The minimum atomic E-state index is 0.274. The summed E-state index contributed by atoms with van der Waals surface area (Å²) in [4.78, 5) is 14.5. The van der Waals surface area contributed by atoms with E-state index in [4.69, 9.17) is 0 Å². The van der Waals surface area contributed by atoms with Gasteiger partial charge in [0.2, 0.25) is 5.91 Å². The Balaban J connectivity index is 1.61. The van der Waals surface area contributed by atoms with E-state index in [1.165, 1.54) is 32.1 Å². The van der Waals surface area contributed by atoms with Gasteiger partial charge in [0.1, 0.15) is 0 Å². The maximum atomic E-state index is 12.2. The molecule has 20 heavy (non-hydrogen) atoms. The van der Waals surface area contributed by atoms with Gasteiger partial charge in [-0.1, -0.05) is 26.2 Å². The van der Waals surface area contributed by atoms with E-state index in [2.05, 4.69) is 22.5 Å². The van der Waals surface area contributed by atoms with Gasteiger partial charge in [0.05, 0.1) is 6.67 Å². The Morgan fingerprint density at radius 1 is 1.20 bits per heavy atom. The first-order valence-electron chi connectivity index (χ1n) is 8.50. The molecule has 0 unspecified atom stereocenters. The van der Waals surface area contributed by atoms with Gasteiger partial charge in [0, 0.05) is 32.1 Å². The van der Waals surface area contributed by atoms with Crippen molar-refractivity contribution in [3.8, 4) is 0 Å². The van der Waals surface area contributed by atoms with Crippen LogP contribution in [0.2, 0.25) is 0 Å². The number of carbonyl (C=O) groups is 1. The van der Waals surface area contributed by atoms with Crippen molar-refractivity contribution in [2.24, 2.45) is 11.8 Å². The fourth-order valence-corrected chi connectivity index (χ4v) is 3.41. The largest absolute Gasteiger partial charge is 0.343 e. The van der Waals surface area contributed by atoms with Gasteiger partial charge in [-0.25, -0.2) is 0 Å². The summed E-state index contributed by atoms with van der Waals surface area (Å²) in [6.07, 6.45) is 8.72. The summed E-state index contributed by atoms with van der Waals surface area (Å²) in [6.45, 7) is 7.16. The van der Waals surface area contributed by atoms with Crippen molar-refractivity contribution in [3.63, 3.8) is 0 Å². The van der Waals surface area contributed by atoms with Crippen LogP contribution in [-0.4, -0.2) is 43.7 Å². The van der Waals surface area contributed by atoms with Gasteiger partial charge in [-0.2, -0.15) is 0 Å². The highest BCUT2D eigenvalue weighted by Crippen LogP contribution is 2.31. The Bertz CT molecular complexity index is 281. The van der Waals surface area contributed by atoms with Crippen LogP contribution in [0.3, 0.4) is 0 Å². The van der Waals surface area contributed by atoms with E-state index in [0.717, 1.165) is 51.6 Å². The van der Waals surface area contributed by atoms with Crippen molar-refractivity contribution in [2.45, 2.75) is 51.9 Å². The van der Waals surface area contributed by atoms with E-state index in [0.29, 0.717) is 0 Å². The molecule has 0 bridgehead atoms. The first kappa shape index (κ1) is 15.8. The normalized spacial score (nSPS) is 28.2. The van der Waals surface area contributed by atoms with Gasteiger partial charge in [-0.15, -0.1) is 0 Å². The van der Waals surface area contributed by atoms with Crippen LogP contribution in [0.5, 0.6) is 0 Å². The van der Waals surface area contributed by atoms with Crippen LogP contribution in [0.15, 0.2) is 0 Å². The molecule has 1 saturated heterocycles. The Morgan fingerprint density at radius 3 is 2.55 bits per heavy atom.